The number of hydrogen-bond acceptors (Lipinski definition) is 1. The van der Waals surface area contributed by atoms with Crippen molar-refractivity contribution in [3.63, 3.8) is 0 Å². The van der Waals surface area contributed by atoms with Crippen LogP contribution in [0.1, 0.15) is 70.2 Å². The summed E-state index contributed by atoms with van der Waals surface area (Å²) < 4.78 is 0. The SMILES string of the molecule is CC1(C)c2ccccc2-c2c(N(c3ccc(-c4ccccc4)cc3)c3ccc(-c4cccc5c4-c4ccc6c(c4C5c4ccccc4)C(c4ccccc4)c4ccccc4-6)cc3)cccc21. The van der Waals surface area contributed by atoms with Crippen LogP contribution < -0.4 is 4.90 Å². The molecule has 0 bridgehead atoms. The van der Waals surface area contributed by atoms with E-state index in [9.17, 15) is 0 Å². The maximum absolute atomic E-state index is 2.47. The van der Waals surface area contributed by atoms with Crippen LogP contribution in [0.25, 0.3) is 55.6 Å². The van der Waals surface area contributed by atoms with Gasteiger partial charge in [-0.2, -0.15) is 0 Å². The molecule has 3 aliphatic carbocycles. The van der Waals surface area contributed by atoms with E-state index in [2.05, 4.69) is 255 Å². The fourth-order valence-electron chi connectivity index (χ4n) is 11.9. The molecule has 1 nitrogen and oxygen atoms in total. The second-order valence-electron chi connectivity index (χ2n) is 18.7. The van der Waals surface area contributed by atoms with Gasteiger partial charge in [0, 0.05) is 34.2 Å². The molecule has 66 heavy (non-hydrogen) atoms. The summed E-state index contributed by atoms with van der Waals surface area (Å²) >= 11 is 0. The monoisotopic (exact) mass is 841 g/mol. The Kier molecular flexibility index (Phi) is 8.77. The third-order valence-electron chi connectivity index (χ3n) is 14.9. The average Bonchev–Trinajstić information content (AvgIpc) is 3.99. The first-order valence-electron chi connectivity index (χ1n) is 23.3. The van der Waals surface area contributed by atoms with Crippen LogP contribution in [-0.2, 0) is 5.41 Å². The van der Waals surface area contributed by atoms with Crippen LogP contribution in [0.5, 0.6) is 0 Å². The van der Waals surface area contributed by atoms with E-state index in [4.69, 9.17) is 0 Å². The lowest BCUT2D eigenvalue weighted by molar-refractivity contribution is 0.660. The van der Waals surface area contributed by atoms with Crippen molar-refractivity contribution in [2.45, 2.75) is 31.1 Å². The molecule has 0 heterocycles. The van der Waals surface area contributed by atoms with Gasteiger partial charge in [-0.05, 0) is 125 Å². The minimum atomic E-state index is -0.111. The summed E-state index contributed by atoms with van der Waals surface area (Å²) in [6.45, 7) is 4.73. The van der Waals surface area contributed by atoms with Gasteiger partial charge in [-0.1, -0.05) is 220 Å². The minimum Gasteiger partial charge on any atom is -0.310 e. The molecule has 0 radical (unpaired) electrons. The van der Waals surface area contributed by atoms with E-state index in [1.54, 1.807) is 0 Å². The lowest BCUT2D eigenvalue weighted by atomic mass is 9.80. The Morgan fingerprint density at radius 3 is 1.50 bits per heavy atom. The van der Waals surface area contributed by atoms with Crippen molar-refractivity contribution in [3.05, 3.63) is 281 Å². The van der Waals surface area contributed by atoms with Crippen molar-refractivity contribution in [1.29, 1.82) is 0 Å². The standard InChI is InChI=1S/C65H47N/c1-65(2)56-29-15-14-26-53(56)62-57(65)30-17-31-58(62)66(47-36-32-43(33-37-47)42-18-6-3-7-19-42)48-38-34-44(35-39-48)49-27-16-28-54-60(46-22-10-5-11-23-46)64-55(61(49)54)41-40-52-50-24-12-13-25-51(50)59(63(52)64)45-20-8-4-9-21-45/h3-41,59-60H,1-2H3. The molecule has 0 aromatic heterocycles. The Morgan fingerprint density at radius 1 is 0.318 bits per heavy atom. The van der Waals surface area contributed by atoms with E-state index < -0.39 is 0 Å². The Hall–Kier alpha value is -8.00. The zero-order valence-corrected chi connectivity index (χ0v) is 37.1. The third-order valence-corrected chi connectivity index (χ3v) is 14.9. The fraction of sp³-hybridized carbons (Fsp3) is 0.0769. The number of benzene rings is 10. The first-order valence-corrected chi connectivity index (χ1v) is 23.3. The molecule has 0 fully saturated rings. The van der Waals surface area contributed by atoms with Crippen LogP contribution in [0.4, 0.5) is 17.1 Å². The highest BCUT2D eigenvalue weighted by Gasteiger charge is 2.41. The van der Waals surface area contributed by atoms with Crippen molar-refractivity contribution in [3.8, 4) is 55.6 Å². The highest BCUT2D eigenvalue weighted by molar-refractivity contribution is 5.98. The van der Waals surface area contributed by atoms with Gasteiger partial charge in [0.15, 0.2) is 0 Å². The molecule has 0 amide bonds. The fourth-order valence-corrected chi connectivity index (χ4v) is 11.9. The maximum Gasteiger partial charge on any atom is 0.0543 e. The topological polar surface area (TPSA) is 3.24 Å². The quantitative estimate of drug-likeness (QED) is 0.155. The van der Waals surface area contributed by atoms with Gasteiger partial charge in [0.2, 0.25) is 0 Å². The van der Waals surface area contributed by atoms with Crippen LogP contribution in [-0.4, -0.2) is 0 Å². The molecule has 2 unspecified atom stereocenters. The highest BCUT2D eigenvalue weighted by Crippen LogP contribution is 2.60. The Morgan fingerprint density at radius 2 is 0.803 bits per heavy atom. The number of fused-ring (bicyclic) bond motifs is 10. The Bertz CT molecular complexity index is 3470. The Balaban J connectivity index is 0.978. The van der Waals surface area contributed by atoms with Gasteiger partial charge in [0.25, 0.3) is 0 Å². The second-order valence-corrected chi connectivity index (χ2v) is 18.7. The molecule has 0 saturated carbocycles. The van der Waals surface area contributed by atoms with Gasteiger partial charge in [-0.15, -0.1) is 0 Å². The van der Waals surface area contributed by atoms with Crippen molar-refractivity contribution in [2.24, 2.45) is 0 Å². The number of rotatable bonds is 7. The number of nitrogens with zero attached hydrogens (tertiary/aromatic N) is 1. The van der Waals surface area contributed by atoms with Crippen LogP contribution in [0.2, 0.25) is 0 Å². The predicted molar refractivity (Wildman–Crippen MR) is 275 cm³/mol. The first-order chi connectivity index (χ1) is 32.5. The smallest absolute Gasteiger partial charge is 0.0543 e. The molecule has 2 atom stereocenters. The lowest BCUT2D eigenvalue weighted by Gasteiger charge is -2.29. The van der Waals surface area contributed by atoms with Crippen molar-refractivity contribution < 1.29 is 0 Å². The van der Waals surface area contributed by atoms with E-state index in [1.807, 2.05) is 0 Å². The van der Waals surface area contributed by atoms with E-state index in [0.29, 0.717) is 0 Å². The molecule has 0 saturated heterocycles. The molecule has 10 aromatic carbocycles. The van der Waals surface area contributed by atoms with Crippen LogP contribution in [0.3, 0.4) is 0 Å². The molecule has 1 heteroatoms. The van der Waals surface area contributed by atoms with Crippen molar-refractivity contribution in [2.75, 3.05) is 4.90 Å². The first kappa shape index (κ1) is 38.5. The van der Waals surface area contributed by atoms with E-state index in [1.165, 1.54) is 106 Å². The molecule has 0 aliphatic heterocycles. The van der Waals surface area contributed by atoms with E-state index >= 15 is 0 Å². The summed E-state index contributed by atoms with van der Waals surface area (Å²) in [5.41, 5.74) is 27.3. The molecule has 10 aromatic rings. The summed E-state index contributed by atoms with van der Waals surface area (Å²) in [5.74, 6) is 0.257. The lowest BCUT2D eigenvalue weighted by Crippen LogP contribution is -2.16. The molecule has 0 N–H and O–H groups in total. The normalized spacial score (nSPS) is 15.5. The predicted octanol–water partition coefficient (Wildman–Crippen LogP) is 17.1. The van der Waals surface area contributed by atoms with Crippen molar-refractivity contribution in [1.82, 2.24) is 0 Å². The molecule has 0 spiro atoms. The maximum atomic E-state index is 2.47. The Labute approximate surface area is 388 Å². The number of hydrogen-bond donors (Lipinski definition) is 0. The second kappa shape index (κ2) is 15.0. The summed E-state index contributed by atoms with van der Waals surface area (Å²) in [4.78, 5) is 2.47. The number of anilines is 3. The summed E-state index contributed by atoms with van der Waals surface area (Å²) in [6.07, 6.45) is 0. The van der Waals surface area contributed by atoms with E-state index in [0.717, 1.165) is 11.4 Å². The molecular formula is C65H47N. The molecule has 13 rings (SSSR count). The van der Waals surface area contributed by atoms with Gasteiger partial charge in [0.1, 0.15) is 0 Å². The summed E-state index contributed by atoms with van der Waals surface area (Å²) in [5, 5.41) is 0. The van der Waals surface area contributed by atoms with Gasteiger partial charge >= 0.3 is 0 Å². The van der Waals surface area contributed by atoms with Gasteiger partial charge in [-0.25, -0.2) is 0 Å². The minimum absolute atomic E-state index is 0.104. The van der Waals surface area contributed by atoms with Crippen molar-refractivity contribution >= 4 is 17.1 Å². The third kappa shape index (κ3) is 5.79. The molecular weight excluding hydrogens is 795 g/mol. The summed E-state index contributed by atoms with van der Waals surface area (Å²) in [7, 11) is 0. The van der Waals surface area contributed by atoms with Crippen LogP contribution in [0, 0.1) is 0 Å². The highest BCUT2D eigenvalue weighted by atomic mass is 15.1. The zero-order chi connectivity index (χ0) is 43.9. The average molecular weight is 842 g/mol. The van der Waals surface area contributed by atoms with Crippen LogP contribution >= 0.6 is 0 Å². The summed E-state index contributed by atoms with van der Waals surface area (Å²) in [6, 6.07) is 88.2. The van der Waals surface area contributed by atoms with E-state index in [-0.39, 0.29) is 17.3 Å². The van der Waals surface area contributed by atoms with Gasteiger partial charge < -0.3 is 4.90 Å². The van der Waals surface area contributed by atoms with Gasteiger partial charge in [0.05, 0.1) is 5.69 Å². The largest absolute Gasteiger partial charge is 0.310 e. The zero-order valence-electron chi connectivity index (χ0n) is 37.1. The molecule has 312 valence electrons. The van der Waals surface area contributed by atoms with Crippen LogP contribution in [0.15, 0.2) is 237 Å². The molecule has 3 aliphatic rings. The van der Waals surface area contributed by atoms with Gasteiger partial charge in [-0.3, -0.25) is 0 Å².